The van der Waals surface area contributed by atoms with Crippen LogP contribution in [0.3, 0.4) is 0 Å². The van der Waals surface area contributed by atoms with Crippen molar-refractivity contribution in [2.75, 3.05) is 23.8 Å². The van der Waals surface area contributed by atoms with Gasteiger partial charge in [-0.2, -0.15) is 0 Å². The van der Waals surface area contributed by atoms with Crippen molar-refractivity contribution < 1.29 is 13.2 Å². The van der Waals surface area contributed by atoms with E-state index in [1.807, 2.05) is 49.5 Å². The van der Waals surface area contributed by atoms with Gasteiger partial charge in [0.1, 0.15) is 0 Å². The number of nitrogens with one attached hydrogen (secondary N) is 2. The van der Waals surface area contributed by atoms with E-state index < -0.39 is 10.0 Å². The van der Waals surface area contributed by atoms with Crippen LogP contribution >= 0.6 is 0 Å². The molecule has 3 rings (SSSR count). The standard InChI is InChI=1S/C23H26N4O3S/c1-27(17-19-5-3-2-4-6-19)21-11-9-20(10-12-21)26-23(28)25-16-15-18-7-13-22(14-8-18)31(24,29)30/h2-14H,15-17H2,1H3,(H2,24,29,30)(H2,25,26,28). The van der Waals surface area contributed by atoms with Crippen LogP contribution in [0.15, 0.2) is 83.8 Å². The predicted molar refractivity (Wildman–Crippen MR) is 124 cm³/mol. The van der Waals surface area contributed by atoms with Crippen LogP contribution in [0.2, 0.25) is 0 Å². The molecule has 0 radical (unpaired) electrons. The first-order valence-corrected chi connectivity index (χ1v) is 11.4. The van der Waals surface area contributed by atoms with E-state index in [-0.39, 0.29) is 10.9 Å². The lowest BCUT2D eigenvalue weighted by Crippen LogP contribution is -2.30. The maximum Gasteiger partial charge on any atom is 0.319 e. The Kier molecular flexibility index (Phi) is 7.28. The summed E-state index contributed by atoms with van der Waals surface area (Å²) in [4.78, 5) is 14.3. The van der Waals surface area contributed by atoms with Crippen molar-refractivity contribution >= 4 is 27.4 Å². The Labute approximate surface area is 182 Å². The van der Waals surface area contributed by atoms with E-state index >= 15 is 0 Å². The highest BCUT2D eigenvalue weighted by Gasteiger charge is 2.07. The number of nitrogens with two attached hydrogens (primary N) is 1. The molecule has 0 saturated heterocycles. The van der Waals surface area contributed by atoms with Crippen molar-refractivity contribution in [3.63, 3.8) is 0 Å². The van der Waals surface area contributed by atoms with Gasteiger partial charge in [-0.3, -0.25) is 0 Å². The van der Waals surface area contributed by atoms with Crippen LogP contribution < -0.4 is 20.7 Å². The number of primary sulfonamides is 1. The van der Waals surface area contributed by atoms with Gasteiger partial charge in [-0.05, 0) is 53.9 Å². The molecule has 0 saturated carbocycles. The van der Waals surface area contributed by atoms with Crippen molar-refractivity contribution in [2.24, 2.45) is 5.14 Å². The molecular formula is C23H26N4O3S. The average Bonchev–Trinajstić information content (AvgIpc) is 2.75. The number of nitrogens with zero attached hydrogens (tertiary/aromatic N) is 1. The maximum atomic E-state index is 12.1. The number of hydrogen-bond acceptors (Lipinski definition) is 4. The highest BCUT2D eigenvalue weighted by atomic mass is 32.2. The van der Waals surface area contributed by atoms with Crippen LogP contribution in [0.5, 0.6) is 0 Å². The van der Waals surface area contributed by atoms with Crippen LogP contribution in [-0.2, 0) is 23.0 Å². The highest BCUT2D eigenvalue weighted by Crippen LogP contribution is 2.18. The fourth-order valence-corrected chi connectivity index (χ4v) is 3.60. The van der Waals surface area contributed by atoms with Gasteiger partial charge in [-0.1, -0.05) is 42.5 Å². The van der Waals surface area contributed by atoms with E-state index in [4.69, 9.17) is 5.14 Å². The molecule has 0 aliphatic carbocycles. The third kappa shape index (κ3) is 6.84. The van der Waals surface area contributed by atoms with E-state index in [1.54, 1.807) is 12.1 Å². The van der Waals surface area contributed by atoms with Gasteiger partial charge in [-0.25, -0.2) is 18.4 Å². The molecule has 0 aromatic heterocycles. The van der Waals surface area contributed by atoms with Crippen LogP contribution in [0.1, 0.15) is 11.1 Å². The molecule has 4 N–H and O–H groups in total. The lowest BCUT2D eigenvalue weighted by atomic mass is 10.1. The van der Waals surface area contributed by atoms with E-state index in [2.05, 4.69) is 27.7 Å². The number of rotatable bonds is 8. The molecule has 0 spiro atoms. The SMILES string of the molecule is CN(Cc1ccccc1)c1ccc(NC(=O)NCCc2ccc(S(N)(=O)=O)cc2)cc1. The lowest BCUT2D eigenvalue weighted by Gasteiger charge is -2.20. The van der Waals surface area contributed by atoms with Crippen molar-refractivity contribution in [1.29, 1.82) is 0 Å². The first-order chi connectivity index (χ1) is 14.8. The number of urea groups is 1. The second-order valence-electron chi connectivity index (χ2n) is 7.21. The smallest absolute Gasteiger partial charge is 0.319 e. The van der Waals surface area contributed by atoms with Gasteiger partial charge in [0.2, 0.25) is 10.0 Å². The molecule has 3 aromatic carbocycles. The van der Waals surface area contributed by atoms with Crippen LogP contribution in [0.25, 0.3) is 0 Å². The first kappa shape index (κ1) is 22.3. The normalized spacial score (nSPS) is 11.0. The molecule has 0 heterocycles. The summed E-state index contributed by atoms with van der Waals surface area (Å²) < 4.78 is 22.5. The Morgan fingerprint density at radius 3 is 2.16 bits per heavy atom. The predicted octanol–water partition coefficient (Wildman–Crippen LogP) is 3.33. The van der Waals surface area contributed by atoms with Crippen LogP contribution in [0, 0.1) is 0 Å². The van der Waals surface area contributed by atoms with E-state index in [1.165, 1.54) is 17.7 Å². The fraction of sp³-hybridized carbons (Fsp3) is 0.174. The second-order valence-corrected chi connectivity index (χ2v) is 8.77. The zero-order chi connectivity index (χ0) is 22.3. The Balaban J connectivity index is 1.45. The molecule has 0 aliphatic heterocycles. The number of carbonyl (C=O) groups is 1. The Hall–Kier alpha value is -3.36. The number of amides is 2. The molecule has 0 atom stereocenters. The quantitative estimate of drug-likeness (QED) is 0.502. The molecule has 0 fully saturated rings. The largest absolute Gasteiger partial charge is 0.370 e. The number of hydrogen-bond donors (Lipinski definition) is 3. The zero-order valence-electron chi connectivity index (χ0n) is 17.3. The molecule has 8 heteroatoms. The van der Waals surface area contributed by atoms with Crippen molar-refractivity contribution in [1.82, 2.24) is 5.32 Å². The summed E-state index contributed by atoms with van der Waals surface area (Å²) in [7, 11) is -1.67. The Morgan fingerprint density at radius 2 is 1.55 bits per heavy atom. The maximum absolute atomic E-state index is 12.1. The van der Waals surface area contributed by atoms with E-state index in [9.17, 15) is 13.2 Å². The zero-order valence-corrected chi connectivity index (χ0v) is 18.1. The Morgan fingerprint density at radius 1 is 0.903 bits per heavy atom. The summed E-state index contributed by atoms with van der Waals surface area (Å²) in [6.07, 6.45) is 0.571. The monoisotopic (exact) mass is 438 g/mol. The summed E-state index contributed by atoms with van der Waals surface area (Å²) in [5, 5.41) is 10.7. The van der Waals surface area contributed by atoms with Gasteiger partial charge in [-0.15, -0.1) is 0 Å². The molecule has 7 nitrogen and oxygen atoms in total. The van der Waals surface area contributed by atoms with Gasteiger partial charge in [0.25, 0.3) is 0 Å². The second kappa shape index (κ2) is 10.1. The van der Waals surface area contributed by atoms with Crippen molar-refractivity contribution in [3.8, 4) is 0 Å². The van der Waals surface area contributed by atoms with Gasteiger partial charge in [0.05, 0.1) is 4.90 Å². The number of anilines is 2. The minimum absolute atomic E-state index is 0.0693. The van der Waals surface area contributed by atoms with Gasteiger partial charge < -0.3 is 15.5 Å². The topological polar surface area (TPSA) is 105 Å². The molecule has 2 amide bonds. The lowest BCUT2D eigenvalue weighted by molar-refractivity contribution is 0.252. The number of benzene rings is 3. The van der Waals surface area contributed by atoms with Crippen molar-refractivity contribution in [2.45, 2.75) is 17.9 Å². The first-order valence-electron chi connectivity index (χ1n) is 9.83. The summed E-state index contributed by atoms with van der Waals surface area (Å²) in [6, 6.07) is 23.9. The third-order valence-electron chi connectivity index (χ3n) is 4.78. The fourth-order valence-electron chi connectivity index (χ4n) is 3.09. The van der Waals surface area contributed by atoms with E-state index in [0.717, 1.165) is 17.8 Å². The summed E-state index contributed by atoms with van der Waals surface area (Å²) in [5.74, 6) is 0. The van der Waals surface area contributed by atoms with E-state index in [0.29, 0.717) is 18.7 Å². The molecular weight excluding hydrogens is 412 g/mol. The van der Waals surface area contributed by atoms with Crippen LogP contribution in [0.4, 0.5) is 16.2 Å². The molecule has 162 valence electrons. The average molecular weight is 439 g/mol. The summed E-state index contributed by atoms with van der Waals surface area (Å²) in [6.45, 7) is 1.21. The minimum Gasteiger partial charge on any atom is -0.370 e. The number of sulfonamides is 1. The molecule has 0 bridgehead atoms. The minimum atomic E-state index is -3.70. The van der Waals surface area contributed by atoms with Gasteiger partial charge >= 0.3 is 6.03 Å². The van der Waals surface area contributed by atoms with Crippen molar-refractivity contribution in [3.05, 3.63) is 90.0 Å². The van der Waals surface area contributed by atoms with Gasteiger partial charge in [0, 0.05) is 31.5 Å². The summed E-state index contributed by atoms with van der Waals surface area (Å²) >= 11 is 0. The van der Waals surface area contributed by atoms with Gasteiger partial charge in [0.15, 0.2) is 0 Å². The third-order valence-corrected chi connectivity index (χ3v) is 5.71. The number of carbonyl (C=O) groups excluding carboxylic acids is 1. The Bertz CT molecular complexity index is 1100. The molecule has 3 aromatic rings. The molecule has 0 aliphatic rings. The van der Waals surface area contributed by atoms with Crippen LogP contribution in [-0.4, -0.2) is 28.0 Å². The molecule has 0 unspecified atom stereocenters. The highest BCUT2D eigenvalue weighted by molar-refractivity contribution is 7.89. The summed E-state index contributed by atoms with van der Waals surface area (Å²) in [5.41, 5.74) is 3.88. The molecule has 31 heavy (non-hydrogen) atoms.